The van der Waals surface area contributed by atoms with Crippen molar-refractivity contribution < 1.29 is 13.5 Å². The van der Waals surface area contributed by atoms with Crippen molar-refractivity contribution in [1.29, 1.82) is 0 Å². The van der Waals surface area contributed by atoms with Crippen molar-refractivity contribution >= 4 is 15.9 Å². The maximum Gasteiger partial charge on any atom is 0.143 e. The monoisotopic (exact) mass is 347 g/mol. The van der Waals surface area contributed by atoms with E-state index in [4.69, 9.17) is 4.74 Å². The van der Waals surface area contributed by atoms with Gasteiger partial charge in [-0.3, -0.25) is 0 Å². The van der Waals surface area contributed by atoms with Crippen LogP contribution in [0.15, 0.2) is 16.6 Å². The van der Waals surface area contributed by atoms with E-state index < -0.39 is 11.6 Å². The lowest BCUT2D eigenvalue weighted by Gasteiger charge is -2.27. The van der Waals surface area contributed by atoms with Crippen molar-refractivity contribution in [2.75, 3.05) is 13.7 Å². The molecule has 1 saturated heterocycles. The van der Waals surface area contributed by atoms with E-state index in [9.17, 15) is 8.78 Å². The normalized spacial score (nSPS) is 24.1. The molecule has 1 N–H and O–H groups in total. The topological polar surface area (TPSA) is 21.3 Å². The van der Waals surface area contributed by atoms with E-state index in [0.29, 0.717) is 16.8 Å². The molecule has 1 aliphatic rings. The third-order valence-electron chi connectivity index (χ3n) is 4.11. The van der Waals surface area contributed by atoms with Crippen LogP contribution in [0.3, 0.4) is 0 Å². The lowest BCUT2D eigenvalue weighted by molar-refractivity contribution is 0.0781. The molecule has 2 nitrogen and oxygen atoms in total. The Morgan fingerprint density at radius 3 is 2.85 bits per heavy atom. The Morgan fingerprint density at radius 2 is 2.20 bits per heavy atom. The fourth-order valence-electron chi connectivity index (χ4n) is 2.99. The van der Waals surface area contributed by atoms with Crippen LogP contribution in [0.2, 0.25) is 0 Å². The van der Waals surface area contributed by atoms with Crippen LogP contribution in [0.4, 0.5) is 8.78 Å². The standard InChI is InChI=1S/C15H20BrF2NO/c1-3-14-9(6-7-20-14)13(19-2)8-10-12(17)5-4-11(16)15(10)18/h4-5,9,13-14,19H,3,6-8H2,1-2H3. The van der Waals surface area contributed by atoms with Gasteiger partial charge in [0.25, 0.3) is 0 Å². The van der Waals surface area contributed by atoms with Crippen LogP contribution in [0.25, 0.3) is 0 Å². The molecule has 1 aromatic carbocycles. The summed E-state index contributed by atoms with van der Waals surface area (Å²) >= 11 is 3.11. The molecule has 0 aromatic heterocycles. The summed E-state index contributed by atoms with van der Waals surface area (Å²) < 4.78 is 33.9. The molecule has 0 aliphatic carbocycles. The van der Waals surface area contributed by atoms with Gasteiger partial charge in [0, 0.05) is 24.1 Å². The second-order valence-corrected chi connectivity index (χ2v) is 6.05. The molecule has 0 spiro atoms. The van der Waals surface area contributed by atoms with Gasteiger partial charge in [0.2, 0.25) is 0 Å². The first-order valence-corrected chi connectivity index (χ1v) is 7.79. The summed E-state index contributed by atoms with van der Waals surface area (Å²) in [5, 5.41) is 3.20. The van der Waals surface area contributed by atoms with Gasteiger partial charge in [-0.05, 0) is 54.4 Å². The third kappa shape index (κ3) is 3.21. The summed E-state index contributed by atoms with van der Waals surface area (Å²) in [6, 6.07) is 2.72. The minimum atomic E-state index is -0.503. The zero-order chi connectivity index (χ0) is 14.7. The summed E-state index contributed by atoms with van der Waals surface area (Å²) in [7, 11) is 1.84. The highest BCUT2D eigenvalue weighted by Crippen LogP contribution is 2.30. The zero-order valence-corrected chi connectivity index (χ0v) is 13.3. The molecule has 3 unspecified atom stereocenters. The van der Waals surface area contributed by atoms with Gasteiger partial charge in [-0.1, -0.05) is 6.92 Å². The number of ether oxygens (including phenoxy) is 1. The molecule has 1 fully saturated rings. The molecule has 0 amide bonds. The Bertz CT molecular complexity index is 469. The first kappa shape index (κ1) is 15.9. The molecular weight excluding hydrogens is 328 g/mol. The van der Waals surface area contributed by atoms with Crippen LogP contribution in [-0.4, -0.2) is 25.8 Å². The van der Waals surface area contributed by atoms with E-state index >= 15 is 0 Å². The van der Waals surface area contributed by atoms with Crippen LogP contribution < -0.4 is 5.32 Å². The fourth-order valence-corrected chi connectivity index (χ4v) is 3.36. The summed E-state index contributed by atoms with van der Waals surface area (Å²) in [6.07, 6.45) is 2.36. The second-order valence-electron chi connectivity index (χ2n) is 5.19. The van der Waals surface area contributed by atoms with Gasteiger partial charge in [0.05, 0.1) is 10.6 Å². The Morgan fingerprint density at radius 1 is 1.45 bits per heavy atom. The quantitative estimate of drug-likeness (QED) is 0.820. The van der Waals surface area contributed by atoms with E-state index in [0.717, 1.165) is 19.4 Å². The van der Waals surface area contributed by atoms with E-state index in [2.05, 4.69) is 28.2 Å². The zero-order valence-electron chi connectivity index (χ0n) is 11.8. The highest BCUT2D eigenvalue weighted by atomic mass is 79.9. The summed E-state index contributed by atoms with van der Waals surface area (Å²) in [4.78, 5) is 0. The number of likely N-dealkylation sites (N-methyl/N-ethyl adjacent to an activating group) is 1. The number of nitrogens with one attached hydrogen (secondary N) is 1. The number of hydrogen-bond donors (Lipinski definition) is 1. The van der Waals surface area contributed by atoms with Crippen LogP contribution in [-0.2, 0) is 11.2 Å². The number of hydrogen-bond acceptors (Lipinski definition) is 2. The number of rotatable bonds is 5. The van der Waals surface area contributed by atoms with Crippen molar-refractivity contribution in [2.24, 2.45) is 5.92 Å². The summed E-state index contributed by atoms with van der Waals surface area (Å²) in [5.74, 6) is -0.696. The first-order valence-electron chi connectivity index (χ1n) is 6.99. The minimum Gasteiger partial charge on any atom is -0.378 e. The SMILES string of the molecule is CCC1OCCC1C(Cc1c(F)ccc(Br)c1F)NC. The molecule has 2 rings (SSSR count). The lowest BCUT2D eigenvalue weighted by atomic mass is 9.87. The van der Waals surface area contributed by atoms with Crippen LogP contribution in [0.1, 0.15) is 25.3 Å². The van der Waals surface area contributed by atoms with Gasteiger partial charge in [0.1, 0.15) is 11.6 Å². The van der Waals surface area contributed by atoms with Crippen molar-refractivity contribution in [1.82, 2.24) is 5.32 Å². The predicted octanol–water partition coefficient (Wildman–Crippen LogP) is 3.67. The molecule has 20 heavy (non-hydrogen) atoms. The molecule has 5 heteroatoms. The molecule has 0 saturated carbocycles. The largest absolute Gasteiger partial charge is 0.378 e. The maximum atomic E-state index is 14.1. The van der Waals surface area contributed by atoms with Gasteiger partial charge in [-0.15, -0.1) is 0 Å². The second kappa shape index (κ2) is 6.96. The van der Waals surface area contributed by atoms with Crippen molar-refractivity contribution in [3.63, 3.8) is 0 Å². The van der Waals surface area contributed by atoms with Gasteiger partial charge in [-0.2, -0.15) is 0 Å². The van der Waals surface area contributed by atoms with Crippen LogP contribution in [0.5, 0.6) is 0 Å². The molecular formula is C15H20BrF2NO. The van der Waals surface area contributed by atoms with Gasteiger partial charge in [-0.25, -0.2) is 8.78 Å². The molecule has 1 aliphatic heterocycles. The van der Waals surface area contributed by atoms with Crippen molar-refractivity contribution in [2.45, 2.75) is 38.3 Å². The molecule has 3 atom stereocenters. The van der Waals surface area contributed by atoms with Crippen molar-refractivity contribution in [3.05, 3.63) is 33.8 Å². The smallest absolute Gasteiger partial charge is 0.143 e. The Hall–Kier alpha value is -0.520. The molecule has 1 heterocycles. The third-order valence-corrected chi connectivity index (χ3v) is 4.73. The Kier molecular flexibility index (Phi) is 5.52. The lowest BCUT2D eigenvalue weighted by Crippen LogP contribution is -2.40. The minimum absolute atomic E-state index is 0.0146. The number of halogens is 3. The van der Waals surface area contributed by atoms with E-state index in [-0.39, 0.29) is 17.7 Å². The van der Waals surface area contributed by atoms with Crippen LogP contribution >= 0.6 is 15.9 Å². The van der Waals surface area contributed by atoms with Gasteiger partial charge in [0.15, 0.2) is 0 Å². The molecule has 0 bridgehead atoms. The maximum absolute atomic E-state index is 14.1. The van der Waals surface area contributed by atoms with Crippen LogP contribution in [0, 0.1) is 17.6 Å². The van der Waals surface area contributed by atoms with Crippen molar-refractivity contribution in [3.8, 4) is 0 Å². The average Bonchev–Trinajstić information content (AvgIpc) is 2.92. The molecule has 0 radical (unpaired) electrons. The van der Waals surface area contributed by atoms with Gasteiger partial charge >= 0.3 is 0 Å². The van der Waals surface area contributed by atoms with E-state index in [1.807, 2.05) is 7.05 Å². The summed E-state index contributed by atoms with van der Waals surface area (Å²) in [6.45, 7) is 2.81. The Balaban J connectivity index is 2.20. The molecule has 1 aromatic rings. The molecule has 112 valence electrons. The highest BCUT2D eigenvalue weighted by molar-refractivity contribution is 9.10. The number of benzene rings is 1. The Labute approximate surface area is 127 Å². The fraction of sp³-hybridized carbons (Fsp3) is 0.600. The van der Waals surface area contributed by atoms with E-state index in [1.165, 1.54) is 12.1 Å². The average molecular weight is 348 g/mol. The first-order chi connectivity index (χ1) is 9.58. The highest BCUT2D eigenvalue weighted by Gasteiger charge is 2.33. The van der Waals surface area contributed by atoms with Gasteiger partial charge < -0.3 is 10.1 Å². The summed E-state index contributed by atoms with van der Waals surface area (Å²) in [5.41, 5.74) is 0.139. The predicted molar refractivity (Wildman–Crippen MR) is 78.7 cm³/mol. The van der Waals surface area contributed by atoms with E-state index in [1.54, 1.807) is 0 Å².